The third kappa shape index (κ3) is 5.23. The Balaban J connectivity index is 2.31. The van der Waals surface area contributed by atoms with Gasteiger partial charge in [0.25, 0.3) is 5.91 Å². The SMILES string of the molecule is NC(=O)c1cccc(N(C(=O)c2ccccc2)c2ccccc2S(Br)(Br)C(F)(F)C(F)(F)C(F)(F)F)c1. The van der Waals surface area contributed by atoms with Crippen LogP contribution in [0, 0.1) is 0 Å². The number of alkyl halides is 7. The van der Waals surface area contributed by atoms with E-state index >= 15 is 8.78 Å². The highest BCUT2D eigenvalue weighted by Crippen LogP contribution is 2.83. The average Bonchev–Trinajstić information content (AvgIpc) is 2.84. The molecule has 0 aliphatic rings. The highest BCUT2D eigenvalue weighted by molar-refractivity contribution is 9.91. The van der Waals surface area contributed by atoms with Crippen LogP contribution in [0.15, 0.2) is 83.8 Å². The molecule has 3 aromatic carbocycles. The Labute approximate surface area is 222 Å². The zero-order chi connectivity index (χ0) is 27.8. The molecular formula is C23H15Br2F7N2O2S. The molecule has 2 N–H and O–H groups in total. The van der Waals surface area contributed by atoms with Gasteiger partial charge >= 0.3 is 17.4 Å². The number of hydrogen-bond donors (Lipinski definition) is 1. The zero-order valence-electron chi connectivity index (χ0n) is 18.2. The molecule has 0 heterocycles. The summed E-state index contributed by atoms with van der Waals surface area (Å²) in [7, 11) is 0. The molecule has 0 atom stereocenters. The summed E-state index contributed by atoms with van der Waals surface area (Å²) in [6.07, 6.45) is -6.58. The summed E-state index contributed by atoms with van der Waals surface area (Å²) in [5, 5.41) is -5.72. The van der Waals surface area contributed by atoms with Crippen molar-refractivity contribution < 1.29 is 40.3 Å². The number of para-hydroxylation sites is 1. The van der Waals surface area contributed by atoms with Crippen LogP contribution in [0.4, 0.5) is 42.1 Å². The monoisotopic (exact) mass is 674 g/mol. The molecule has 0 saturated carbocycles. The molecule has 2 amide bonds. The third-order valence-corrected chi connectivity index (χ3v) is 11.4. The van der Waals surface area contributed by atoms with Gasteiger partial charge in [-0.3, -0.25) is 14.5 Å². The molecule has 0 bridgehead atoms. The van der Waals surface area contributed by atoms with Crippen LogP contribution in [-0.2, 0) is 0 Å². The molecule has 0 radical (unpaired) electrons. The summed E-state index contributed by atoms with van der Waals surface area (Å²) in [6, 6.07) is 16.9. The maximum absolute atomic E-state index is 15.0. The van der Waals surface area contributed by atoms with Gasteiger partial charge in [0, 0.05) is 16.0 Å². The van der Waals surface area contributed by atoms with Crippen molar-refractivity contribution in [1.29, 1.82) is 0 Å². The van der Waals surface area contributed by atoms with Crippen molar-refractivity contribution in [1.82, 2.24) is 0 Å². The second-order valence-corrected chi connectivity index (χ2v) is 17.8. The molecule has 0 spiro atoms. The predicted molar refractivity (Wildman–Crippen MR) is 134 cm³/mol. The molecule has 3 rings (SSSR count). The number of carbonyl (C=O) groups excluding carboxylic acids is 2. The first-order valence-corrected chi connectivity index (χ1v) is 15.3. The molecule has 0 unspecified atom stereocenters. The zero-order valence-corrected chi connectivity index (χ0v) is 22.1. The lowest BCUT2D eigenvalue weighted by Gasteiger charge is -2.41. The minimum Gasteiger partial charge on any atom is -0.366 e. The molecular weight excluding hydrogens is 661 g/mol. The van der Waals surface area contributed by atoms with Crippen molar-refractivity contribution >= 4 is 59.7 Å². The van der Waals surface area contributed by atoms with Gasteiger partial charge in [-0.2, -0.15) is 30.7 Å². The summed E-state index contributed by atoms with van der Waals surface area (Å²) >= 11 is 4.87. The van der Waals surface area contributed by atoms with Crippen LogP contribution in [0.3, 0.4) is 0 Å². The lowest BCUT2D eigenvalue weighted by atomic mass is 10.1. The second kappa shape index (κ2) is 10.3. The average molecular weight is 676 g/mol. The normalized spacial score (nSPS) is 13.2. The fourth-order valence-electron chi connectivity index (χ4n) is 3.20. The summed E-state index contributed by atoms with van der Waals surface area (Å²) in [5.74, 6) is -8.19. The Morgan fingerprint density at radius 3 is 1.86 bits per heavy atom. The van der Waals surface area contributed by atoms with Gasteiger partial charge in [0.05, 0.1) is 11.4 Å². The molecule has 3 aromatic rings. The number of carbonyl (C=O) groups is 2. The molecule has 14 heteroatoms. The second-order valence-electron chi connectivity index (χ2n) is 7.45. The largest absolute Gasteiger partial charge is 0.460 e. The number of nitrogens with zero attached hydrogens (tertiary/aromatic N) is 1. The van der Waals surface area contributed by atoms with Crippen molar-refractivity contribution in [3.05, 3.63) is 90.0 Å². The van der Waals surface area contributed by atoms with Crippen molar-refractivity contribution in [2.75, 3.05) is 4.90 Å². The molecule has 0 fully saturated rings. The highest BCUT2D eigenvalue weighted by atomic mass is 79.9. The number of nitrogens with two attached hydrogens (primary N) is 1. The van der Waals surface area contributed by atoms with Crippen molar-refractivity contribution in [3.63, 3.8) is 0 Å². The Hall–Kier alpha value is -2.58. The quantitative estimate of drug-likeness (QED) is 0.256. The fourth-order valence-corrected chi connectivity index (χ4v) is 7.44. The standard InChI is InChI=1S/C23H15Br2F7N2O2S/c24-37(25,23(31,32)21(26,27)22(28,29)30)18-12-5-4-11-17(18)34(20(36)14-7-2-1-3-8-14)16-10-6-9-15(13-16)19(33)35/h1-13H,(H2,33,35). The van der Waals surface area contributed by atoms with E-state index in [1.807, 2.05) is 0 Å². The number of amides is 2. The lowest BCUT2D eigenvalue weighted by molar-refractivity contribution is -0.330. The smallest absolute Gasteiger partial charge is 0.366 e. The van der Waals surface area contributed by atoms with Crippen LogP contribution in [0.2, 0.25) is 0 Å². The lowest BCUT2D eigenvalue weighted by Crippen LogP contribution is -2.52. The third-order valence-electron chi connectivity index (χ3n) is 5.04. The van der Waals surface area contributed by atoms with E-state index in [1.165, 1.54) is 48.5 Å². The molecule has 0 aliphatic carbocycles. The van der Waals surface area contributed by atoms with Gasteiger partial charge in [0.1, 0.15) is 0 Å². The predicted octanol–water partition coefficient (Wildman–Crippen LogP) is 8.34. The Morgan fingerprint density at radius 1 is 0.757 bits per heavy atom. The Bertz CT molecular complexity index is 1320. The number of anilines is 2. The molecule has 0 saturated heterocycles. The highest BCUT2D eigenvalue weighted by Gasteiger charge is 2.78. The van der Waals surface area contributed by atoms with Gasteiger partial charge in [-0.15, -0.1) is 0 Å². The minimum atomic E-state index is -6.58. The number of hydrogen-bond acceptors (Lipinski definition) is 2. The summed E-state index contributed by atoms with van der Waals surface area (Å²) in [6.45, 7) is -4.67. The van der Waals surface area contributed by atoms with Crippen LogP contribution >= 0.6 is 36.5 Å². The number of rotatable bonds is 7. The molecule has 198 valence electrons. The van der Waals surface area contributed by atoms with Crippen molar-refractivity contribution in [2.24, 2.45) is 5.73 Å². The summed E-state index contributed by atoms with van der Waals surface area (Å²) < 4.78 is 97.2. The fraction of sp³-hybridized carbons (Fsp3) is 0.130. The van der Waals surface area contributed by atoms with Gasteiger partial charge < -0.3 is 5.73 Å². The van der Waals surface area contributed by atoms with Crippen LogP contribution in [-0.4, -0.2) is 29.2 Å². The van der Waals surface area contributed by atoms with Gasteiger partial charge in [-0.25, -0.2) is 0 Å². The van der Waals surface area contributed by atoms with Crippen molar-refractivity contribution in [2.45, 2.75) is 22.2 Å². The minimum absolute atomic E-state index is 0.0268. The molecule has 37 heavy (non-hydrogen) atoms. The van der Waals surface area contributed by atoms with E-state index in [2.05, 4.69) is 29.6 Å². The van der Waals surface area contributed by atoms with Gasteiger partial charge in [0.15, 0.2) is 0 Å². The first kappa shape index (κ1) is 29.0. The van der Waals surface area contributed by atoms with E-state index in [0.717, 1.165) is 29.2 Å². The van der Waals surface area contributed by atoms with Crippen LogP contribution in [0.5, 0.6) is 0 Å². The summed E-state index contributed by atoms with van der Waals surface area (Å²) in [5.41, 5.74) is 4.73. The van der Waals surface area contributed by atoms with E-state index < -0.39 is 46.6 Å². The molecule has 0 aliphatic heterocycles. The van der Waals surface area contributed by atoms with E-state index in [4.69, 9.17) is 5.73 Å². The first-order valence-electron chi connectivity index (χ1n) is 9.97. The maximum atomic E-state index is 15.0. The van der Waals surface area contributed by atoms with E-state index in [1.54, 1.807) is 6.07 Å². The van der Waals surface area contributed by atoms with E-state index in [9.17, 15) is 31.5 Å². The van der Waals surface area contributed by atoms with Crippen LogP contribution in [0.25, 0.3) is 0 Å². The number of halogens is 9. The topological polar surface area (TPSA) is 63.4 Å². The van der Waals surface area contributed by atoms with E-state index in [-0.39, 0.29) is 16.8 Å². The molecule has 0 aromatic heterocycles. The summed E-state index contributed by atoms with van der Waals surface area (Å²) in [4.78, 5) is 25.4. The Kier molecular flexibility index (Phi) is 8.06. The number of benzene rings is 3. The van der Waals surface area contributed by atoms with Gasteiger partial charge in [0.2, 0.25) is 5.91 Å². The van der Waals surface area contributed by atoms with Crippen LogP contribution in [0.1, 0.15) is 20.7 Å². The van der Waals surface area contributed by atoms with E-state index in [0.29, 0.717) is 0 Å². The van der Waals surface area contributed by atoms with Crippen LogP contribution < -0.4 is 10.6 Å². The number of primary amides is 1. The van der Waals surface area contributed by atoms with Gasteiger partial charge in [-0.05, 0) is 79.0 Å². The molecule has 4 nitrogen and oxygen atoms in total. The van der Waals surface area contributed by atoms with Gasteiger partial charge in [-0.1, -0.05) is 36.4 Å². The maximum Gasteiger partial charge on any atom is 0.460 e. The Morgan fingerprint density at radius 2 is 1.30 bits per heavy atom. The van der Waals surface area contributed by atoms with Crippen molar-refractivity contribution in [3.8, 4) is 0 Å². The first-order chi connectivity index (χ1) is 17.0.